The minimum absolute atomic E-state index is 0.0192. The lowest BCUT2D eigenvalue weighted by Gasteiger charge is -2.10. The van der Waals surface area contributed by atoms with Gasteiger partial charge in [0.15, 0.2) is 0 Å². The molecule has 0 aliphatic carbocycles. The molecule has 2 rings (SSSR count). The van der Waals surface area contributed by atoms with Gasteiger partial charge in [0.25, 0.3) is 10.0 Å². The highest BCUT2D eigenvalue weighted by atomic mass is 79.9. The first-order valence-corrected chi connectivity index (χ1v) is 7.92. The van der Waals surface area contributed by atoms with Gasteiger partial charge in [-0.2, -0.15) is 0 Å². The summed E-state index contributed by atoms with van der Waals surface area (Å²) in [6, 6.07) is 4.83. The third kappa shape index (κ3) is 3.38. The van der Waals surface area contributed by atoms with Crippen LogP contribution in [-0.4, -0.2) is 25.5 Å². The van der Waals surface area contributed by atoms with Crippen LogP contribution in [0.15, 0.2) is 40.0 Å². The van der Waals surface area contributed by atoms with E-state index in [2.05, 4.69) is 30.6 Å². The van der Waals surface area contributed by atoms with Crippen molar-refractivity contribution < 1.29 is 13.2 Å². The molecule has 0 radical (unpaired) electrons. The van der Waals surface area contributed by atoms with Crippen LogP contribution in [0, 0.1) is 0 Å². The van der Waals surface area contributed by atoms with Crippen LogP contribution in [0.2, 0.25) is 5.28 Å². The van der Waals surface area contributed by atoms with Crippen LogP contribution in [0.1, 0.15) is 0 Å². The molecule has 2 aromatic rings. The van der Waals surface area contributed by atoms with Gasteiger partial charge in [-0.15, -0.1) is 0 Å². The van der Waals surface area contributed by atoms with Crippen molar-refractivity contribution in [1.29, 1.82) is 0 Å². The first-order valence-electron chi connectivity index (χ1n) is 5.26. The second kappa shape index (κ2) is 5.94. The normalized spacial score (nSPS) is 11.2. The number of sulfonamides is 1. The highest BCUT2D eigenvalue weighted by Gasteiger charge is 2.16. The average molecular weight is 379 g/mol. The summed E-state index contributed by atoms with van der Waals surface area (Å²) < 4.78 is 32.4. The van der Waals surface area contributed by atoms with Crippen LogP contribution in [-0.2, 0) is 10.0 Å². The number of hydrogen-bond acceptors (Lipinski definition) is 5. The molecule has 9 heteroatoms. The van der Waals surface area contributed by atoms with E-state index in [0.29, 0.717) is 11.4 Å². The molecule has 0 saturated carbocycles. The summed E-state index contributed by atoms with van der Waals surface area (Å²) in [5, 5.41) is -0.0192. The van der Waals surface area contributed by atoms with E-state index in [9.17, 15) is 8.42 Å². The van der Waals surface area contributed by atoms with Gasteiger partial charge in [-0.1, -0.05) is 0 Å². The van der Waals surface area contributed by atoms with E-state index in [1.165, 1.54) is 7.11 Å². The van der Waals surface area contributed by atoms with E-state index < -0.39 is 10.0 Å². The Balaban J connectivity index is 2.30. The molecular formula is C11H9BrClN3O3S. The number of halogens is 2. The Morgan fingerprint density at radius 1 is 1.30 bits per heavy atom. The van der Waals surface area contributed by atoms with Crippen LogP contribution in [0.5, 0.6) is 5.75 Å². The Hall–Kier alpha value is -1.38. The van der Waals surface area contributed by atoms with Gasteiger partial charge in [-0.25, -0.2) is 18.4 Å². The van der Waals surface area contributed by atoms with E-state index in [0.717, 1.165) is 16.9 Å². The van der Waals surface area contributed by atoms with E-state index in [1.54, 1.807) is 18.2 Å². The molecule has 0 spiro atoms. The first kappa shape index (κ1) is 15.0. The van der Waals surface area contributed by atoms with Crippen molar-refractivity contribution in [2.24, 2.45) is 0 Å². The summed E-state index contributed by atoms with van der Waals surface area (Å²) in [5.41, 5.74) is 0.361. The Morgan fingerprint density at radius 3 is 2.55 bits per heavy atom. The van der Waals surface area contributed by atoms with Gasteiger partial charge in [0, 0.05) is 6.07 Å². The predicted octanol–water partition coefficient (Wildman–Crippen LogP) is 2.70. The van der Waals surface area contributed by atoms with Crippen LogP contribution >= 0.6 is 27.5 Å². The molecular weight excluding hydrogens is 370 g/mol. The molecule has 106 valence electrons. The summed E-state index contributed by atoms with van der Waals surface area (Å²) in [6.07, 6.45) is 2.27. The van der Waals surface area contributed by atoms with Crippen molar-refractivity contribution in [3.05, 3.63) is 40.3 Å². The Bertz CT molecular complexity index is 722. The topological polar surface area (TPSA) is 81.2 Å². The Labute approximate surface area is 129 Å². The van der Waals surface area contributed by atoms with Gasteiger partial charge in [-0.3, -0.25) is 4.72 Å². The number of nitrogens with one attached hydrogen (secondary N) is 1. The zero-order valence-electron chi connectivity index (χ0n) is 10.2. The summed E-state index contributed by atoms with van der Waals surface area (Å²) >= 11 is 8.81. The largest absolute Gasteiger partial charge is 0.495 e. The van der Waals surface area contributed by atoms with Gasteiger partial charge in [0.1, 0.15) is 10.6 Å². The lowest BCUT2D eigenvalue weighted by molar-refractivity contribution is 0.412. The van der Waals surface area contributed by atoms with Crippen LogP contribution in [0.3, 0.4) is 0 Å². The van der Waals surface area contributed by atoms with Crippen molar-refractivity contribution in [3.63, 3.8) is 0 Å². The lowest BCUT2D eigenvalue weighted by atomic mass is 10.3. The fourth-order valence-corrected chi connectivity index (χ4v) is 2.82. The molecule has 0 bridgehead atoms. The number of anilines is 1. The maximum atomic E-state index is 12.1. The second-order valence-corrected chi connectivity index (χ2v) is 6.52. The van der Waals surface area contributed by atoms with Crippen LogP contribution < -0.4 is 9.46 Å². The van der Waals surface area contributed by atoms with Crippen LogP contribution in [0.25, 0.3) is 0 Å². The van der Waals surface area contributed by atoms with Gasteiger partial charge >= 0.3 is 0 Å². The number of rotatable bonds is 4. The van der Waals surface area contributed by atoms with Crippen molar-refractivity contribution >= 4 is 43.2 Å². The first-order chi connectivity index (χ1) is 9.42. The predicted molar refractivity (Wildman–Crippen MR) is 78.5 cm³/mol. The number of nitrogens with zero attached hydrogens (tertiary/aromatic N) is 2. The molecule has 0 unspecified atom stereocenters. The Kier molecular flexibility index (Phi) is 4.46. The van der Waals surface area contributed by atoms with Crippen molar-refractivity contribution in [3.8, 4) is 5.75 Å². The highest BCUT2D eigenvalue weighted by molar-refractivity contribution is 9.10. The Morgan fingerprint density at radius 2 is 1.95 bits per heavy atom. The number of hydrogen-bond donors (Lipinski definition) is 1. The molecule has 0 aliphatic heterocycles. The molecule has 1 aromatic carbocycles. The minimum Gasteiger partial charge on any atom is -0.495 e. The van der Waals surface area contributed by atoms with Gasteiger partial charge in [0.05, 0.1) is 29.7 Å². The van der Waals surface area contributed by atoms with Crippen LogP contribution in [0.4, 0.5) is 5.69 Å². The second-order valence-electron chi connectivity index (χ2n) is 3.64. The summed E-state index contributed by atoms with van der Waals surface area (Å²) in [4.78, 5) is 7.20. The number of methoxy groups -OCH3 is 1. The smallest absolute Gasteiger partial charge is 0.264 e. The molecule has 0 fully saturated rings. The number of ether oxygens (including phenoxy) is 1. The third-order valence-electron chi connectivity index (χ3n) is 2.31. The summed E-state index contributed by atoms with van der Waals surface area (Å²) in [5.74, 6) is 0.512. The molecule has 1 N–H and O–H groups in total. The third-order valence-corrected chi connectivity index (χ3v) is 4.50. The lowest BCUT2D eigenvalue weighted by Crippen LogP contribution is -2.13. The fraction of sp³-hybridized carbons (Fsp3) is 0.0909. The summed E-state index contributed by atoms with van der Waals surface area (Å²) in [7, 11) is -2.28. The standard InChI is InChI=1S/C11H9BrClN3O3S/c1-19-10-4-7(2-3-9(10)12)16-20(17,18)8-5-14-11(13)15-6-8/h2-6,16H,1H3. The van der Waals surface area contributed by atoms with Gasteiger partial charge in [-0.05, 0) is 39.7 Å². The van der Waals surface area contributed by atoms with Gasteiger partial charge < -0.3 is 4.74 Å². The van der Waals surface area contributed by atoms with Crippen molar-refractivity contribution in [1.82, 2.24) is 9.97 Å². The van der Waals surface area contributed by atoms with E-state index in [1.807, 2.05) is 0 Å². The SMILES string of the molecule is COc1cc(NS(=O)(=O)c2cnc(Cl)nc2)ccc1Br. The molecule has 0 atom stereocenters. The maximum absolute atomic E-state index is 12.1. The molecule has 0 aliphatic rings. The minimum atomic E-state index is -3.77. The quantitative estimate of drug-likeness (QED) is 0.827. The molecule has 20 heavy (non-hydrogen) atoms. The molecule has 0 amide bonds. The zero-order chi connectivity index (χ0) is 14.8. The zero-order valence-corrected chi connectivity index (χ0v) is 13.3. The van der Waals surface area contributed by atoms with Crippen molar-refractivity contribution in [2.75, 3.05) is 11.8 Å². The molecule has 0 saturated heterocycles. The monoisotopic (exact) mass is 377 g/mol. The highest BCUT2D eigenvalue weighted by Crippen LogP contribution is 2.28. The fourth-order valence-electron chi connectivity index (χ4n) is 1.38. The molecule has 6 nitrogen and oxygen atoms in total. The van der Waals surface area contributed by atoms with E-state index in [-0.39, 0.29) is 10.2 Å². The van der Waals surface area contributed by atoms with Gasteiger partial charge in [0.2, 0.25) is 5.28 Å². The average Bonchev–Trinajstić information content (AvgIpc) is 2.41. The summed E-state index contributed by atoms with van der Waals surface area (Å²) in [6.45, 7) is 0. The maximum Gasteiger partial charge on any atom is 0.264 e. The number of aromatic nitrogens is 2. The van der Waals surface area contributed by atoms with Crippen molar-refractivity contribution in [2.45, 2.75) is 4.90 Å². The number of benzene rings is 1. The molecule has 1 heterocycles. The van der Waals surface area contributed by atoms with E-state index in [4.69, 9.17) is 16.3 Å². The van der Waals surface area contributed by atoms with E-state index >= 15 is 0 Å². The molecule has 1 aromatic heterocycles.